The minimum atomic E-state index is -3.71. The molecule has 8 nitrogen and oxygen atoms in total. The van der Waals surface area contributed by atoms with Crippen molar-refractivity contribution < 1.29 is 17.9 Å². The van der Waals surface area contributed by atoms with Gasteiger partial charge in [0, 0.05) is 49.6 Å². The Morgan fingerprint density at radius 2 is 1.85 bits per heavy atom. The lowest BCUT2D eigenvalue weighted by Crippen LogP contribution is -2.52. The average molecular weight is 376 g/mol. The van der Waals surface area contributed by atoms with Crippen LogP contribution in [0.3, 0.4) is 0 Å². The molecular formula is C17H20N4O4S. The Kier molecular flexibility index (Phi) is 5.21. The first kappa shape index (κ1) is 18.3. The number of benzene rings is 1. The van der Waals surface area contributed by atoms with Gasteiger partial charge in [0.2, 0.25) is 5.88 Å². The highest BCUT2D eigenvalue weighted by molar-refractivity contribution is 7.86. The number of carbonyl (C=O) groups excluding carboxylic acids is 1. The summed E-state index contributed by atoms with van der Waals surface area (Å²) < 4.78 is 29.0. The second-order valence-corrected chi connectivity index (χ2v) is 7.45. The van der Waals surface area contributed by atoms with E-state index in [0.717, 1.165) is 11.1 Å². The number of hydrogen-bond donors (Lipinski definition) is 1. The standard InChI is InChI=1S/C17H20N4O4S/c1-25-16-6-5-15(12-19-16)13-3-2-4-14(11-13)17(22)20-7-9-21(10-8-20)26(18,23)24/h2-6,11-12H,7-10H2,1H3,(H2,18,23,24). The third-order valence-electron chi connectivity index (χ3n) is 4.27. The molecule has 0 unspecified atom stereocenters. The van der Waals surface area contributed by atoms with E-state index in [0.29, 0.717) is 24.5 Å². The summed E-state index contributed by atoms with van der Waals surface area (Å²) in [5, 5.41) is 5.13. The summed E-state index contributed by atoms with van der Waals surface area (Å²) in [6.07, 6.45) is 1.69. The second kappa shape index (κ2) is 7.40. The van der Waals surface area contributed by atoms with Crippen molar-refractivity contribution in [1.82, 2.24) is 14.2 Å². The number of methoxy groups -OCH3 is 1. The van der Waals surface area contributed by atoms with Gasteiger partial charge in [-0.05, 0) is 23.8 Å². The monoisotopic (exact) mass is 376 g/mol. The number of amides is 1. The van der Waals surface area contributed by atoms with Crippen LogP contribution in [0.1, 0.15) is 10.4 Å². The lowest BCUT2D eigenvalue weighted by molar-refractivity contribution is 0.0698. The smallest absolute Gasteiger partial charge is 0.277 e. The van der Waals surface area contributed by atoms with E-state index in [1.54, 1.807) is 36.4 Å². The SMILES string of the molecule is COc1ccc(-c2cccc(C(=O)N3CCN(S(N)(=O)=O)CC3)c2)cn1. The molecular weight excluding hydrogens is 356 g/mol. The van der Waals surface area contributed by atoms with Crippen molar-refractivity contribution >= 4 is 16.1 Å². The number of aromatic nitrogens is 1. The van der Waals surface area contributed by atoms with Crippen LogP contribution in [0.25, 0.3) is 11.1 Å². The summed E-state index contributed by atoms with van der Waals surface area (Å²) in [6, 6.07) is 10.9. The number of nitrogens with two attached hydrogens (primary N) is 1. The summed E-state index contributed by atoms with van der Waals surface area (Å²) >= 11 is 0. The molecule has 1 fully saturated rings. The van der Waals surface area contributed by atoms with Gasteiger partial charge in [-0.1, -0.05) is 12.1 Å². The fourth-order valence-corrected chi connectivity index (χ4v) is 3.50. The molecule has 26 heavy (non-hydrogen) atoms. The maximum atomic E-state index is 12.7. The van der Waals surface area contributed by atoms with Crippen molar-refractivity contribution in [2.75, 3.05) is 33.3 Å². The zero-order valence-electron chi connectivity index (χ0n) is 14.3. The Morgan fingerprint density at radius 1 is 1.12 bits per heavy atom. The Hall–Kier alpha value is -2.49. The van der Waals surface area contributed by atoms with E-state index in [9.17, 15) is 13.2 Å². The lowest BCUT2D eigenvalue weighted by atomic mass is 10.0. The maximum absolute atomic E-state index is 12.7. The predicted molar refractivity (Wildman–Crippen MR) is 96.8 cm³/mol. The molecule has 9 heteroatoms. The number of rotatable bonds is 4. The Bertz CT molecular complexity index is 891. The molecule has 0 spiro atoms. The molecule has 1 amide bonds. The van der Waals surface area contributed by atoms with Gasteiger partial charge in [0.25, 0.3) is 16.1 Å². The van der Waals surface area contributed by atoms with Crippen LogP contribution < -0.4 is 9.88 Å². The number of carbonyl (C=O) groups is 1. The van der Waals surface area contributed by atoms with Crippen molar-refractivity contribution in [3.63, 3.8) is 0 Å². The van der Waals surface area contributed by atoms with Crippen LogP contribution in [0.2, 0.25) is 0 Å². The van der Waals surface area contributed by atoms with E-state index in [1.807, 2.05) is 18.2 Å². The molecule has 0 aliphatic carbocycles. The molecule has 1 aliphatic heterocycles. The number of hydrogen-bond acceptors (Lipinski definition) is 5. The summed E-state index contributed by atoms with van der Waals surface area (Å²) in [4.78, 5) is 18.5. The molecule has 0 saturated carbocycles. The van der Waals surface area contributed by atoms with Gasteiger partial charge >= 0.3 is 0 Å². The summed E-state index contributed by atoms with van der Waals surface area (Å²) in [5.41, 5.74) is 2.29. The fourth-order valence-electron chi connectivity index (χ4n) is 2.83. The number of piperazine rings is 1. The highest BCUT2D eigenvalue weighted by Crippen LogP contribution is 2.22. The van der Waals surface area contributed by atoms with Gasteiger partial charge in [-0.2, -0.15) is 12.7 Å². The topological polar surface area (TPSA) is 106 Å². The van der Waals surface area contributed by atoms with Crippen LogP contribution >= 0.6 is 0 Å². The first-order valence-corrected chi connectivity index (χ1v) is 9.56. The first-order chi connectivity index (χ1) is 12.4. The van der Waals surface area contributed by atoms with Crippen LogP contribution in [0.4, 0.5) is 0 Å². The van der Waals surface area contributed by atoms with Crippen molar-refractivity contribution in [1.29, 1.82) is 0 Å². The van der Waals surface area contributed by atoms with Gasteiger partial charge in [-0.3, -0.25) is 4.79 Å². The molecule has 2 N–H and O–H groups in total. The van der Waals surface area contributed by atoms with Gasteiger partial charge in [-0.15, -0.1) is 0 Å². The molecule has 0 radical (unpaired) electrons. The van der Waals surface area contributed by atoms with E-state index in [4.69, 9.17) is 9.88 Å². The van der Waals surface area contributed by atoms with E-state index in [2.05, 4.69) is 4.98 Å². The predicted octanol–water partition coefficient (Wildman–Crippen LogP) is 0.718. The van der Waals surface area contributed by atoms with Gasteiger partial charge in [0.15, 0.2) is 0 Å². The zero-order valence-corrected chi connectivity index (χ0v) is 15.1. The fraction of sp³-hybridized carbons (Fsp3) is 0.294. The minimum absolute atomic E-state index is 0.137. The van der Waals surface area contributed by atoms with E-state index in [1.165, 1.54) is 4.31 Å². The normalized spacial score (nSPS) is 15.7. The van der Waals surface area contributed by atoms with E-state index in [-0.39, 0.29) is 19.0 Å². The van der Waals surface area contributed by atoms with Crippen LogP contribution in [0.5, 0.6) is 5.88 Å². The van der Waals surface area contributed by atoms with E-state index >= 15 is 0 Å². The molecule has 2 aromatic rings. The minimum Gasteiger partial charge on any atom is -0.481 e. The molecule has 138 valence electrons. The van der Waals surface area contributed by atoms with Crippen LogP contribution in [-0.4, -0.2) is 61.8 Å². The van der Waals surface area contributed by atoms with Gasteiger partial charge in [-0.25, -0.2) is 10.1 Å². The molecule has 0 atom stereocenters. The lowest BCUT2D eigenvalue weighted by Gasteiger charge is -2.33. The molecule has 1 aromatic carbocycles. The summed E-state index contributed by atoms with van der Waals surface area (Å²) in [6.45, 7) is 1.02. The van der Waals surface area contributed by atoms with Crippen molar-refractivity contribution in [2.24, 2.45) is 5.14 Å². The van der Waals surface area contributed by atoms with Crippen molar-refractivity contribution in [3.05, 3.63) is 48.2 Å². The number of nitrogens with zero attached hydrogens (tertiary/aromatic N) is 3. The molecule has 1 aromatic heterocycles. The molecule has 1 saturated heterocycles. The number of pyridine rings is 1. The summed E-state index contributed by atoms with van der Waals surface area (Å²) in [5.74, 6) is 0.385. The highest BCUT2D eigenvalue weighted by atomic mass is 32.2. The van der Waals surface area contributed by atoms with Gasteiger partial charge in [0.1, 0.15) is 0 Å². The third kappa shape index (κ3) is 4.01. The molecule has 3 rings (SSSR count). The Labute approximate surface area is 152 Å². The molecule has 2 heterocycles. The zero-order chi connectivity index (χ0) is 18.7. The third-order valence-corrected chi connectivity index (χ3v) is 5.36. The number of ether oxygens (including phenoxy) is 1. The van der Waals surface area contributed by atoms with Crippen LogP contribution in [0.15, 0.2) is 42.6 Å². The Morgan fingerprint density at radius 3 is 2.42 bits per heavy atom. The second-order valence-electron chi connectivity index (χ2n) is 5.91. The van der Waals surface area contributed by atoms with Crippen molar-refractivity contribution in [3.8, 4) is 17.0 Å². The highest BCUT2D eigenvalue weighted by Gasteiger charge is 2.27. The van der Waals surface area contributed by atoms with Gasteiger partial charge < -0.3 is 9.64 Å². The molecule has 1 aliphatic rings. The van der Waals surface area contributed by atoms with Gasteiger partial charge in [0.05, 0.1) is 7.11 Å². The van der Waals surface area contributed by atoms with Crippen LogP contribution in [0, 0.1) is 0 Å². The van der Waals surface area contributed by atoms with E-state index < -0.39 is 10.2 Å². The quantitative estimate of drug-likeness (QED) is 0.846. The van der Waals surface area contributed by atoms with Crippen molar-refractivity contribution in [2.45, 2.75) is 0 Å². The Balaban J connectivity index is 1.74. The van der Waals surface area contributed by atoms with Crippen LogP contribution in [-0.2, 0) is 10.2 Å². The first-order valence-electron chi connectivity index (χ1n) is 8.06. The molecule has 0 bridgehead atoms. The average Bonchev–Trinajstić information content (AvgIpc) is 2.67. The maximum Gasteiger partial charge on any atom is 0.277 e. The summed E-state index contributed by atoms with van der Waals surface area (Å²) in [7, 11) is -2.16. The largest absolute Gasteiger partial charge is 0.481 e.